The van der Waals surface area contributed by atoms with Crippen molar-refractivity contribution in [3.8, 4) is 0 Å². The van der Waals surface area contributed by atoms with Crippen molar-refractivity contribution in [1.29, 1.82) is 0 Å². The molecule has 1 aliphatic heterocycles. The van der Waals surface area contributed by atoms with E-state index in [2.05, 4.69) is 21.2 Å². The first kappa shape index (κ1) is 15.3. The van der Waals surface area contributed by atoms with Crippen LogP contribution in [0.2, 0.25) is 0 Å². The molecular formula is C15H21BrN2O2. The normalized spacial score (nSPS) is 18.3. The van der Waals surface area contributed by atoms with Crippen LogP contribution in [-0.2, 0) is 11.3 Å². The van der Waals surface area contributed by atoms with E-state index < -0.39 is 0 Å². The smallest absolute Gasteiger partial charge is 0.317 e. The zero-order valence-electron chi connectivity index (χ0n) is 11.8. The third kappa shape index (κ3) is 4.21. The summed E-state index contributed by atoms with van der Waals surface area (Å²) in [6.45, 7) is 5.65. The molecule has 2 rings (SSSR count). The summed E-state index contributed by atoms with van der Waals surface area (Å²) in [5.74, 6) is 0.476. The summed E-state index contributed by atoms with van der Waals surface area (Å²) in [6, 6.07) is 7.94. The highest BCUT2D eigenvalue weighted by molar-refractivity contribution is 9.10. The molecule has 0 radical (unpaired) electrons. The maximum Gasteiger partial charge on any atom is 0.317 e. The van der Waals surface area contributed by atoms with Gasteiger partial charge in [-0.2, -0.15) is 0 Å². The summed E-state index contributed by atoms with van der Waals surface area (Å²) in [7, 11) is 0. The van der Waals surface area contributed by atoms with Crippen LogP contribution in [0.3, 0.4) is 0 Å². The lowest BCUT2D eigenvalue weighted by Crippen LogP contribution is -2.38. The molecule has 4 nitrogen and oxygen atoms in total. The van der Waals surface area contributed by atoms with Crippen molar-refractivity contribution in [2.75, 3.05) is 26.3 Å². The van der Waals surface area contributed by atoms with E-state index in [0.717, 1.165) is 42.8 Å². The first-order valence-electron chi connectivity index (χ1n) is 7.04. The molecule has 1 aromatic rings. The lowest BCUT2D eigenvalue weighted by molar-refractivity contribution is 0.113. The number of likely N-dealkylation sites (tertiary alicyclic amines) is 1. The predicted octanol–water partition coefficient (Wildman–Crippen LogP) is 3.02. The molecule has 0 aliphatic carbocycles. The Morgan fingerprint density at radius 3 is 3.05 bits per heavy atom. The lowest BCUT2D eigenvalue weighted by Gasteiger charge is -2.17. The van der Waals surface area contributed by atoms with Crippen LogP contribution >= 0.6 is 15.9 Å². The number of carbonyl (C=O) groups is 1. The number of carbonyl (C=O) groups excluding carboxylic acids is 1. The molecule has 1 aliphatic rings. The van der Waals surface area contributed by atoms with Gasteiger partial charge < -0.3 is 15.0 Å². The quantitative estimate of drug-likeness (QED) is 0.895. The Kier molecular flexibility index (Phi) is 5.86. The number of hydrogen-bond acceptors (Lipinski definition) is 2. The Hall–Kier alpha value is -1.07. The molecule has 1 fully saturated rings. The first-order chi connectivity index (χ1) is 9.70. The van der Waals surface area contributed by atoms with Crippen molar-refractivity contribution in [3.05, 3.63) is 34.3 Å². The van der Waals surface area contributed by atoms with Crippen molar-refractivity contribution in [3.63, 3.8) is 0 Å². The van der Waals surface area contributed by atoms with Crippen LogP contribution in [0.25, 0.3) is 0 Å². The summed E-state index contributed by atoms with van der Waals surface area (Å²) in [4.78, 5) is 14.0. The van der Waals surface area contributed by atoms with Gasteiger partial charge in [0.05, 0.1) is 6.61 Å². The van der Waals surface area contributed by atoms with Crippen LogP contribution in [0.5, 0.6) is 0 Å². The summed E-state index contributed by atoms with van der Waals surface area (Å²) >= 11 is 3.49. The molecule has 1 aromatic carbocycles. The maximum atomic E-state index is 12.1. The van der Waals surface area contributed by atoms with E-state index in [4.69, 9.17) is 4.74 Å². The summed E-state index contributed by atoms with van der Waals surface area (Å²) < 4.78 is 6.45. The first-order valence-corrected chi connectivity index (χ1v) is 7.84. The number of hydrogen-bond donors (Lipinski definition) is 1. The van der Waals surface area contributed by atoms with Crippen LogP contribution in [0, 0.1) is 5.92 Å². The fraction of sp³-hybridized carbons (Fsp3) is 0.533. The lowest BCUT2D eigenvalue weighted by atomic mass is 10.1. The van der Waals surface area contributed by atoms with Gasteiger partial charge in [0.1, 0.15) is 0 Å². The molecular weight excluding hydrogens is 320 g/mol. The van der Waals surface area contributed by atoms with Gasteiger partial charge >= 0.3 is 6.03 Å². The zero-order valence-corrected chi connectivity index (χ0v) is 13.4. The van der Waals surface area contributed by atoms with E-state index in [1.54, 1.807) is 0 Å². The highest BCUT2D eigenvalue weighted by Gasteiger charge is 2.26. The third-order valence-corrected chi connectivity index (χ3v) is 4.29. The average molecular weight is 341 g/mol. The molecule has 1 atom stereocenters. The summed E-state index contributed by atoms with van der Waals surface area (Å²) in [5.41, 5.74) is 1.09. The van der Waals surface area contributed by atoms with Gasteiger partial charge in [-0.25, -0.2) is 4.79 Å². The molecule has 0 aromatic heterocycles. The molecule has 0 bridgehead atoms. The average Bonchev–Trinajstić information content (AvgIpc) is 2.93. The zero-order chi connectivity index (χ0) is 14.4. The number of nitrogens with one attached hydrogen (secondary N) is 1. The van der Waals surface area contributed by atoms with E-state index in [9.17, 15) is 4.79 Å². The molecule has 0 spiro atoms. The fourth-order valence-corrected chi connectivity index (χ4v) is 2.79. The number of benzene rings is 1. The Bertz CT molecular complexity index is 453. The summed E-state index contributed by atoms with van der Waals surface area (Å²) in [5, 5.41) is 2.97. The van der Waals surface area contributed by atoms with Crippen LogP contribution in [0.15, 0.2) is 28.7 Å². The molecule has 1 saturated heterocycles. The number of halogens is 1. The fourth-order valence-electron chi connectivity index (χ4n) is 2.36. The Balaban J connectivity index is 1.77. The SMILES string of the molecule is CCOCC1CCN(C(=O)NCc2ccccc2Br)C1. The number of urea groups is 1. The molecule has 1 unspecified atom stereocenters. The van der Waals surface area contributed by atoms with Gasteiger partial charge in [-0.15, -0.1) is 0 Å². The molecule has 20 heavy (non-hydrogen) atoms. The highest BCUT2D eigenvalue weighted by atomic mass is 79.9. The standard InChI is InChI=1S/C15H21BrN2O2/c1-2-20-11-12-7-8-18(10-12)15(19)17-9-13-5-3-4-6-14(13)16/h3-6,12H,2,7-11H2,1H3,(H,17,19). The second-order valence-corrected chi connectivity index (χ2v) is 5.86. The van der Waals surface area contributed by atoms with E-state index in [1.807, 2.05) is 36.1 Å². The monoisotopic (exact) mass is 340 g/mol. The molecule has 110 valence electrons. The summed E-state index contributed by atoms with van der Waals surface area (Å²) in [6.07, 6.45) is 1.03. The second kappa shape index (κ2) is 7.64. The minimum absolute atomic E-state index is 0.0137. The van der Waals surface area contributed by atoms with E-state index >= 15 is 0 Å². The van der Waals surface area contributed by atoms with Crippen molar-refractivity contribution in [1.82, 2.24) is 10.2 Å². The van der Waals surface area contributed by atoms with E-state index in [1.165, 1.54) is 0 Å². The van der Waals surface area contributed by atoms with Gasteiger partial charge in [0.2, 0.25) is 0 Å². The van der Waals surface area contributed by atoms with Crippen LogP contribution < -0.4 is 5.32 Å². The molecule has 1 N–H and O–H groups in total. The van der Waals surface area contributed by atoms with Gasteiger partial charge in [0, 0.05) is 36.6 Å². The van der Waals surface area contributed by atoms with Crippen molar-refractivity contribution < 1.29 is 9.53 Å². The number of amides is 2. The molecule has 0 saturated carbocycles. The van der Waals surface area contributed by atoms with Gasteiger partial charge in [-0.3, -0.25) is 0 Å². The Morgan fingerprint density at radius 2 is 2.30 bits per heavy atom. The second-order valence-electron chi connectivity index (χ2n) is 5.01. The van der Waals surface area contributed by atoms with Gasteiger partial charge in [-0.1, -0.05) is 34.1 Å². The Morgan fingerprint density at radius 1 is 1.50 bits per heavy atom. The molecule has 1 heterocycles. The minimum Gasteiger partial charge on any atom is -0.381 e. The van der Waals surface area contributed by atoms with E-state index in [-0.39, 0.29) is 6.03 Å². The van der Waals surface area contributed by atoms with Gasteiger partial charge in [0.25, 0.3) is 0 Å². The van der Waals surface area contributed by atoms with Crippen molar-refractivity contribution >= 4 is 22.0 Å². The largest absolute Gasteiger partial charge is 0.381 e. The van der Waals surface area contributed by atoms with E-state index in [0.29, 0.717) is 12.5 Å². The van der Waals surface area contributed by atoms with Crippen molar-refractivity contribution in [2.45, 2.75) is 19.9 Å². The van der Waals surface area contributed by atoms with Crippen LogP contribution in [0.4, 0.5) is 4.79 Å². The van der Waals surface area contributed by atoms with Crippen LogP contribution in [-0.4, -0.2) is 37.2 Å². The number of ether oxygens (including phenoxy) is 1. The van der Waals surface area contributed by atoms with Gasteiger partial charge in [0.15, 0.2) is 0 Å². The molecule has 5 heteroatoms. The Labute approximate surface area is 128 Å². The third-order valence-electron chi connectivity index (χ3n) is 3.52. The van der Waals surface area contributed by atoms with Crippen LogP contribution in [0.1, 0.15) is 18.9 Å². The predicted molar refractivity (Wildman–Crippen MR) is 82.6 cm³/mol. The number of nitrogens with zero attached hydrogens (tertiary/aromatic N) is 1. The topological polar surface area (TPSA) is 41.6 Å². The molecule has 2 amide bonds. The highest BCUT2D eigenvalue weighted by Crippen LogP contribution is 2.18. The maximum absolute atomic E-state index is 12.1. The number of rotatable bonds is 5. The van der Waals surface area contributed by atoms with Crippen molar-refractivity contribution in [2.24, 2.45) is 5.92 Å². The van der Waals surface area contributed by atoms with Gasteiger partial charge in [-0.05, 0) is 25.0 Å². The minimum atomic E-state index is 0.0137.